The Balaban J connectivity index is 2.02. The second-order valence-corrected chi connectivity index (χ2v) is 10.9. The summed E-state index contributed by atoms with van der Waals surface area (Å²) in [6.45, 7) is -0.00687. The zero-order valence-corrected chi connectivity index (χ0v) is 19.7. The molecule has 172 valence electrons. The van der Waals surface area contributed by atoms with E-state index in [1.54, 1.807) is 36.2 Å². The number of hydroxylamine groups is 1. The van der Waals surface area contributed by atoms with Crippen molar-refractivity contribution < 1.29 is 33.1 Å². The van der Waals surface area contributed by atoms with Gasteiger partial charge in [0.1, 0.15) is 0 Å². The van der Waals surface area contributed by atoms with E-state index in [2.05, 4.69) is 0 Å². The van der Waals surface area contributed by atoms with Crippen molar-refractivity contribution in [2.45, 2.75) is 15.2 Å². The van der Waals surface area contributed by atoms with Crippen LogP contribution in [-0.2, 0) is 19.6 Å². The van der Waals surface area contributed by atoms with Crippen molar-refractivity contribution in [3.05, 3.63) is 54.1 Å². The fourth-order valence-electron chi connectivity index (χ4n) is 3.56. The molecule has 9 nitrogen and oxygen atoms in total. The molecule has 1 atom stereocenters. The molecule has 32 heavy (non-hydrogen) atoms. The van der Waals surface area contributed by atoms with Gasteiger partial charge in [0.25, 0.3) is 5.91 Å². The van der Waals surface area contributed by atoms with Gasteiger partial charge in [-0.05, 0) is 41.8 Å². The summed E-state index contributed by atoms with van der Waals surface area (Å²) in [5.41, 5.74) is 2.64. The molecule has 0 saturated carbocycles. The molecular formula is C20H22N2O7S3. The minimum atomic E-state index is -4.14. The molecule has 1 fully saturated rings. The lowest BCUT2D eigenvalue weighted by molar-refractivity contribution is -0.140. The van der Waals surface area contributed by atoms with E-state index in [1.807, 2.05) is 0 Å². The molecule has 3 N–H and O–H groups in total. The molecule has 0 radical (unpaired) electrons. The molecule has 3 rings (SSSR count). The summed E-state index contributed by atoms with van der Waals surface area (Å²) >= 11 is 2.34. The number of carboxylic acid groups (broad SMARTS) is 1. The van der Waals surface area contributed by atoms with E-state index in [9.17, 15) is 28.3 Å². The molecule has 0 aliphatic carbocycles. The number of rotatable bonds is 7. The number of carbonyl (C=O) groups is 2. The van der Waals surface area contributed by atoms with Gasteiger partial charge in [0.05, 0.1) is 17.1 Å². The van der Waals surface area contributed by atoms with Gasteiger partial charge in [0, 0.05) is 6.54 Å². The van der Waals surface area contributed by atoms with Crippen LogP contribution in [0, 0.1) is 0 Å². The SMILES string of the molecule is CSC1(SC)OCCN(S(=O)(=O)c2ccc(-c3ccccc3C(=O)O)cc2)[C@H]1C(=O)NO. The number of sulfonamides is 1. The summed E-state index contributed by atoms with van der Waals surface area (Å²) < 4.78 is 32.5. The third-order valence-corrected chi connectivity index (χ3v) is 9.79. The summed E-state index contributed by atoms with van der Waals surface area (Å²) in [6.07, 6.45) is 3.39. The average molecular weight is 499 g/mol. The topological polar surface area (TPSA) is 133 Å². The highest BCUT2D eigenvalue weighted by Crippen LogP contribution is 2.44. The van der Waals surface area contributed by atoms with Crippen LogP contribution in [0.25, 0.3) is 11.1 Å². The molecule has 0 spiro atoms. The van der Waals surface area contributed by atoms with Crippen molar-refractivity contribution in [3.63, 3.8) is 0 Å². The highest BCUT2D eigenvalue weighted by molar-refractivity contribution is 8.17. The summed E-state index contributed by atoms with van der Waals surface area (Å²) in [5.74, 6) is -1.99. The first kappa shape index (κ1) is 24.6. The van der Waals surface area contributed by atoms with Crippen molar-refractivity contribution >= 4 is 45.4 Å². The third kappa shape index (κ3) is 4.38. The Labute approximate surface area is 194 Å². The Bertz CT molecular complexity index is 1100. The number of benzene rings is 2. The number of amides is 1. The van der Waals surface area contributed by atoms with Gasteiger partial charge >= 0.3 is 5.97 Å². The van der Waals surface area contributed by atoms with Crippen molar-refractivity contribution in [2.24, 2.45) is 0 Å². The Morgan fingerprint density at radius 3 is 2.31 bits per heavy atom. The second kappa shape index (κ2) is 9.81. The van der Waals surface area contributed by atoms with E-state index in [0.717, 1.165) is 4.31 Å². The van der Waals surface area contributed by atoms with Gasteiger partial charge in [-0.15, -0.1) is 23.5 Å². The summed E-state index contributed by atoms with van der Waals surface area (Å²) in [7, 11) is -4.14. The van der Waals surface area contributed by atoms with Crippen molar-refractivity contribution in [1.29, 1.82) is 0 Å². The lowest BCUT2D eigenvalue weighted by atomic mass is 10.00. The molecule has 1 aliphatic rings. The summed E-state index contributed by atoms with van der Waals surface area (Å²) in [5, 5.41) is 18.7. The maximum atomic E-state index is 13.5. The van der Waals surface area contributed by atoms with Crippen LogP contribution < -0.4 is 5.48 Å². The van der Waals surface area contributed by atoms with Gasteiger partial charge in [0.2, 0.25) is 10.0 Å². The molecule has 0 bridgehead atoms. The van der Waals surface area contributed by atoms with Crippen LogP contribution in [0.3, 0.4) is 0 Å². The minimum Gasteiger partial charge on any atom is -0.478 e. The summed E-state index contributed by atoms with van der Waals surface area (Å²) in [4.78, 5) is 23.9. The number of nitrogens with one attached hydrogen (secondary N) is 1. The molecule has 2 aromatic carbocycles. The monoisotopic (exact) mass is 498 g/mol. The zero-order chi connectivity index (χ0) is 23.5. The molecule has 1 heterocycles. The van der Waals surface area contributed by atoms with Gasteiger partial charge in [-0.2, -0.15) is 4.31 Å². The van der Waals surface area contributed by atoms with Crippen molar-refractivity contribution in [1.82, 2.24) is 9.79 Å². The minimum absolute atomic E-state index is 0.0668. The predicted octanol–water partition coefficient (Wildman–Crippen LogP) is 2.33. The van der Waals surface area contributed by atoms with Crippen LogP contribution in [0.5, 0.6) is 0 Å². The number of nitrogens with zero attached hydrogens (tertiary/aromatic N) is 1. The Morgan fingerprint density at radius 2 is 1.75 bits per heavy atom. The molecule has 0 unspecified atom stereocenters. The molecule has 1 aliphatic heterocycles. The number of carbonyl (C=O) groups excluding carboxylic acids is 1. The van der Waals surface area contributed by atoms with E-state index in [0.29, 0.717) is 11.1 Å². The number of ether oxygens (including phenoxy) is 1. The van der Waals surface area contributed by atoms with Gasteiger partial charge < -0.3 is 9.84 Å². The lowest BCUT2D eigenvalue weighted by Crippen LogP contribution is -2.63. The Hall–Kier alpha value is -2.09. The predicted molar refractivity (Wildman–Crippen MR) is 122 cm³/mol. The Kier molecular flexibility index (Phi) is 7.53. The number of aromatic carboxylic acids is 1. The van der Waals surface area contributed by atoms with E-state index < -0.39 is 32.2 Å². The van der Waals surface area contributed by atoms with Gasteiger partial charge in [-0.3, -0.25) is 10.0 Å². The van der Waals surface area contributed by atoms with Gasteiger partial charge in [-0.1, -0.05) is 30.3 Å². The fraction of sp³-hybridized carbons (Fsp3) is 0.300. The van der Waals surface area contributed by atoms with E-state index in [4.69, 9.17) is 4.74 Å². The maximum absolute atomic E-state index is 13.5. The molecule has 0 aromatic heterocycles. The molecule has 1 amide bonds. The highest BCUT2D eigenvalue weighted by Gasteiger charge is 2.53. The standard InChI is InChI=1S/C20H22N2O7S3/c1-30-20(31-2)17(18(23)21-26)22(11-12-29-20)32(27,28)14-9-7-13(8-10-14)15-5-3-4-6-16(15)19(24)25/h3-10,17,26H,11-12H2,1-2H3,(H,21,23)(H,24,25)/t17-/m0/s1. The van der Waals surface area contributed by atoms with Crippen molar-refractivity contribution in [2.75, 3.05) is 25.7 Å². The molecule has 2 aromatic rings. The molecule has 1 saturated heterocycles. The fourth-order valence-corrected chi connectivity index (χ4v) is 7.27. The number of thioether (sulfide) groups is 2. The first-order valence-electron chi connectivity index (χ1n) is 9.34. The number of hydrogen-bond donors (Lipinski definition) is 3. The average Bonchev–Trinajstić information content (AvgIpc) is 2.82. The second-order valence-electron chi connectivity index (χ2n) is 6.73. The van der Waals surface area contributed by atoms with Crippen LogP contribution in [0.2, 0.25) is 0 Å². The van der Waals surface area contributed by atoms with Crippen LogP contribution in [0.4, 0.5) is 0 Å². The quantitative estimate of drug-likeness (QED) is 0.299. The number of hydrogen-bond acceptors (Lipinski definition) is 8. The Morgan fingerprint density at radius 1 is 1.12 bits per heavy atom. The number of morpholine rings is 1. The van der Waals surface area contributed by atoms with Gasteiger partial charge in [-0.25, -0.2) is 18.7 Å². The lowest BCUT2D eigenvalue weighted by Gasteiger charge is -2.45. The van der Waals surface area contributed by atoms with Crippen LogP contribution in [0.1, 0.15) is 10.4 Å². The van der Waals surface area contributed by atoms with Crippen molar-refractivity contribution in [3.8, 4) is 11.1 Å². The number of carboxylic acids is 1. The van der Waals surface area contributed by atoms with Crippen LogP contribution in [-0.4, -0.2) is 70.9 Å². The molecule has 12 heteroatoms. The third-order valence-electron chi connectivity index (χ3n) is 5.09. The van der Waals surface area contributed by atoms with E-state index in [1.165, 1.54) is 53.9 Å². The molecular weight excluding hydrogens is 476 g/mol. The normalized spacial score (nSPS) is 18.8. The largest absolute Gasteiger partial charge is 0.478 e. The smallest absolute Gasteiger partial charge is 0.336 e. The maximum Gasteiger partial charge on any atom is 0.336 e. The van der Waals surface area contributed by atoms with Crippen LogP contribution >= 0.6 is 23.5 Å². The van der Waals surface area contributed by atoms with Crippen LogP contribution in [0.15, 0.2) is 53.4 Å². The first-order chi connectivity index (χ1) is 15.2. The van der Waals surface area contributed by atoms with E-state index in [-0.39, 0.29) is 23.6 Å². The van der Waals surface area contributed by atoms with Gasteiger partial charge in [0.15, 0.2) is 10.3 Å². The zero-order valence-electron chi connectivity index (χ0n) is 17.2. The summed E-state index contributed by atoms with van der Waals surface area (Å²) in [6, 6.07) is 10.9. The van der Waals surface area contributed by atoms with E-state index >= 15 is 0 Å². The first-order valence-corrected chi connectivity index (χ1v) is 13.2. The highest BCUT2D eigenvalue weighted by atomic mass is 32.2.